The first-order valence-corrected chi connectivity index (χ1v) is 8.15. The van der Waals surface area contributed by atoms with Crippen molar-refractivity contribution in [2.24, 2.45) is 0 Å². The van der Waals surface area contributed by atoms with E-state index < -0.39 is 18.3 Å². The van der Waals surface area contributed by atoms with E-state index >= 15 is 0 Å². The van der Waals surface area contributed by atoms with Gasteiger partial charge in [0.05, 0.1) is 24.9 Å². The van der Waals surface area contributed by atoms with Gasteiger partial charge in [0.25, 0.3) is 0 Å². The van der Waals surface area contributed by atoms with Crippen LogP contribution < -0.4 is 5.46 Å². The first-order chi connectivity index (χ1) is 11.5. The van der Waals surface area contributed by atoms with Crippen LogP contribution in [0.4, 0.5) is 0 Å². The normalized spacial score (nSPS) is 24.0. The summed E-state index contributed by atoms with van der Waals surface area (Å²) in [6.45, 7) is -0.139. The van der Waals surface area contributed by atoms with Gasteiger partial charge in [-0.25, -0.2) is 0 Å². The molecule has 1 heterocycles. The standard InChI is InChI=1S/C19H21BO4/c20-14-4-1-12(2-5-14)7-13-3-6-18(23)17(8-13)19-10-15(22)9-16(11-21)24-19/h1-6,8,15-16,19,21-23H,7,9-11H2. The van der Waals surface area contributed by atoms with Gasteiger partial charge in [0, 0.05) is 18.4 Å². The van der Waals surface area contributed by atoms with Crippen LogP contribution in [0.15, 0.2) is 42.5 Å². The van der Waals surface area contributed by atoms with Crippen LogP contribution in [-0.2, 0) is 11.2 Å². The highest BCUT2D eigenvalue weighted by atomic mass is 16.5. The number of benzene rings is 2. The number of aliphatic hydroxyl groups is 2. The molecule has 0 aromatic heterocycles. The SMILES string of the molecule is [B]c1ccc(Cc2ccc(O)c(C3CC(O)CC(CO)O3)c2)cc1. The molecule has 4 nitrogen and oxygen atoms in total. The van der Waals surface area contributed by atoms with Gasteiger partial charge < -0.3 is 20.1 Å². The second kappa shape index (κ2) is 7.39. The van der Waals surface area contributed by atoms with Crippen molar-refractivity contribution in [3.8, 4) is 5.75 Å². The molecule has 5 heteroatoms. The quantitative estimate of drug-likeness (QED) is 0.743. The fraction of sp³-hybridized carbons (Fsp3) is 0.368. The van der Waals surface area contributed by atoms with Gasteiger partial charge in [-0.05, 0) is 29.7 Å². The Hall–Kier alpha value is -1.82. The third-order valence-corrected chi connectivity index (χ3v) is 4.41. The summed E-state index contributed by atoms with van der Waals surface area (Å²) < 4.78 is 5.81. The van der Waals surface area contributed by atoms with Crippen molar-refractivity contribution in [1.29, 1.82) is 0 Å². The largest absolute Gasteiger partial charge is 0.508 e. The van der Waals surface area contributed by atoms with Gasteiger partial charge in [-0.3, -0.25) is 0 Å². The molecule has 0 aliphatic carbocycles. The molecule has 0 saturated carbocycles. The number of phenols is 1. The van der Waals surface area contributed by atoms with Crippen LogP contribution in [0.3, 0.4) is 0 Å². The van der Waals surface area contributed by atoms with Crippen molar-refractivity contribution in [3.63, 3.8) is 0 Å². The summed E-state index contributed by atoms with van der Waals surface area (Å²) in [5.41, 5.74) is 3.54. The van der Waals surface area contributed by atoms with E-state index in [4.69, 9.17) is 12.6 Å². The van der Waals surface area contributed by atoms with Crippen LogP contribution >= 0.6 is 0 Å². The van der Waals surface area contributed by atoms with Crippen LogP contribution in [0.2, 0.25) is 0 Å². The Kier molecular flexibility index (Phi) is 5.24. The summed E-state index contributed by atoms with van der Waals surface area (Å²) in [5.74, 6) is 0.145. The Morgan fingerprint density at radius 1 is 1.04 bits per heavy atom. The lowest BCUT2D eigenvalue weighted by atomic mass is 9.92. The molecule has 1 fully saturated rings. The van der Waals surface area contributed by atoms with Crippen molar-refractivity contribution >= 4 is 13.3 Å². The first-order valence-electron chi connectivity index (χ1n) is 8.15. The van der Waals surface area contributed by atoms with E-state index in [0.717, 1.165) is 16.6 Å². The molecule has 2 radical (unpaired) electrons. The molecular formula is C19H21BO4. The van der Waals surface area contributed by atoms with E-state index in [1.54, 1.807) is 6.07 Å². The number of phenolic OH excluding ortho intramolecular Hbond substituents is 1. The summed E-state index contributed by atoms with van der Waals surface area (Å²) in [5, 5.41) is 29.5. The third kappa shape index (κ3) is 3.98. The van der Waals surface area contributed by atoms with Crippen molar-refractivity contribution in [2.45, 2.75) is 37.6 Å². The van der Waals surface area contributed by atoms with E-state index in [0.29, 0.717) is 24.8 Å². The summed E-state index contributed by atoms with van der Waals surface area (Å²) in [6.07, 6.45) is 0.179. The van der Waals surface area contributed by atoms with Gasteiger partial charge in [-0.1, -0.05) is 35.8 Å². The highest BCUT2D eigenvalue weighted by Crippen LogP contribution is 2.36. The van der Waals surface area contributed by atoms with Gasteiger partial charge in [0.1, 0.15) is 13.6 Å². The predicted molar refractivity (Wildman–Crippen MR) is 92.7 cm³/mol. The summed E-state index contributed by atoms with van der Waals surface area (Å²) in [7, 11) is 5.71. The van der Waals surface area contributed by atoms with Crippen LogP contribution in [0, 0.1) is 0 Å². The van der Waals surface area contributed by atoms with Crippen LogP contribution in [-0.4, -0.2) is 42.0 Å². The van der Waals surface area contributed by atoms with Crippen LogP contribution in [0.25, 0.3) is 0 Å². The molecule has 1 saturated heterocycles. The average Bonchev–Trinajstić information content (AvgIpc) is 2.58. The van der Waals surface area contributed by atoms with Crippen molar-refractivity contribution in [3.05, 3.63) is 59.2 Å². The van der Waals surface area contributed by atoms with Gasteiger partial charge in [0.15, 0.2) is 0 Å². The Balaban J connectivity index is 1.82. The van der Waals surface area contributed by atoms with Crippen molar-refractivity contribution < 1.29 is 20.1 Å². The average molecular weight is 324 g/mol. The summed E-state index contributed by atoms with van der Waals surface area (Å²) >= 11 is 0. The van der Waals surface area contributed by atoms with Gasteiger partial charge in [-0.2, -0.15) is 0 Å². The Bertz CT molecular complexity index is 686. The van der Waals surface area contributed by atoms with Crippen molar-refractivity contribution in [2.75, 3.05) is 6.61 Å². The minimum atomic E-state index is -0.541. The molecule has 2 aromatic rings. The molecule has 2 aromatic carbocycles. The molecule has 3 rings (SSSR count). The van der Waals surface area contributed by atoms with E-state index in [2.05, 4.69) is 0 Å². The molecule has 3 N–H and O–H groups in total. The topological polar surface area (TPSA) is 69.9 Å². The molecule has 124 valence electrons. The van der Waals surface area contributed by atoms with Gasteiger partial charge in [-0.15, -0.1) is 0 Å². The molecule has 1 aliphatic rings. The summed E-state index contributed by atoms with van der Waals surface area (Å²) in [4.78, 5) is 0. The second-order valence-electron chi connectivity index (χ2n) is 6.37. The lowest BCUT2D eigenvalue weighted by Crippen LogP contribution is -2.33. The predicted octanol–water partition coefficient (Wildman–Crippen LogP) is 1.35. The number of hydrogen-bond acceptors (Lipinski definition) is 4. The molecule has 0 spiro atoms. The smallest absolute Gasteiger partial charge is 0.121 e. The van der Waals surface area contributed by atoms with E-state index in [1.807, 2.05) is 36.4 Å². The molecule has 0 bridgehead atoms. The molecule has 3 unspecified atom stereocenters. The maximum absolute atomic E-state index is 10.2. The maximum atomic E-state index is 10.2. The van der Waals surface area contributed by atoms with E-state index in [9.17, 15) is 15.3 Å². The monoisotopic (exact) mass is 324 g/mol. The van der Waals surface area contributed by atoms with Crippen LogP contribution in [0.5, 0.6) is 5.75 Å². The zero-order valence-corrected chi connectivity index (χ0v) is 13.4. The number of aromatic hydroxyl groups is 1. The zero-order valence-electron chi connectivity index (χ0n) is 13.4. The minimum Gasteiger partial charge on any atom is -0.508 e. The molecule has 0 amide bonds. The molecule has 1 aliphatic heterocycles. The Morgan fingerprint density at radius 3 is 2.46 bits per heavy atom. The van der Waals surface area contributed by atoms with Crippen LogP contribution in [0.1, 0.15) is 35.6 Å². The maximum Gasteiger partial charge on any atom is 0.121 e. The fourth-order valence-electron chi connectivity index (χ4n) is 3.15. The van der Waals surface area contributed by atoms with E-state index in [-0.39, 0.29) is 12.4 Å². The lowest BCUT2D eigenvalue weighted by molar-refractivity contribution is -0.114. The number of rotatable bonds is 4. The zero-order chi connectivity index (χ0) is 17.1. The number of ether oxygens (including phenoxy) is 1. The second-order valence-corrected chi connectivity index (χ2v) is 6.37. The Labute approximate surface area is 143 Å². The number of hydrogen-bond donors (Lipinski definition) is 3. The first kappa shape index (κ1) is 17.0. The minimum absolute atomic E-state index is 0.139. The van der Waals surface area contributed by atoms with Gasteiger partial charge >= 0.3 is 0 Å². The summed E-state index contributed by atoms with van der Waals surface area (Å²) in [6, 6.07) is 13.1. The van der Waals surface area contributed by atoms with Crippen molar-refractivity contribution in [1.82, 2.24) is 0 Å². The van der Waals surface area contributed by atoms with E-state index in [1.165, 1.54) is 0 Å². The number of aliphatic hydroxyl groups excluding tert-OH is 2. The fourth-order valence-corrected chi connectivity index (χ4v) is 3.15. The third-order valence-electron chi connectivity index (χ3n) is 4.41. The highest BCUT2D eigenvalue weighted by Gasteiger charge is 2.30. The molecule has 24 heavy (non-hydrogen) atoms. The lowest BCUT2D eigenvalue weighted by Gasteiger charge is -2.33. The highest BCUT2D eigenvalue weighted by molar-refractivity contribution is 6.32. The Morgan fingerprint density at radius 2 is 1.75 bits per heavy atom. The molecular weight excluding hydrogens is 303 g/mol. The molecule has 3 atom stereocenters. The van der Waals surface area contributed by atoms with Gasteiger partial charge in [0.2, 0.25) is 0 Å².